The molecule has 0 saturated heterocycles. The van der Waals surface area contributed by atoms with Gasteiger partial charge in [-0.15, -0.1) is 0 Å². The monoisotopic (exact) mass is 365 g/mol. The van der Waals surface area contributed by atoms with Crippen LogP contribution in [0.2, 0.25) is 0 Å². The van der Waals surface area contributed by atoms with Crippen molar-refractivity contribution in [3.05, 3.63) is 72.0 Å². The lowest BCUT2D eigenvalue weighted by Crippen LogP contribution is -2.25. The number of anilines is 1. The van der Waals surface area contributed by atoms with Crippen LogP contribution in [-0.2, 0) is 9.59 Å². The highest BCUT2D eigenvalue weighted by atomic mass is 19.1. The molecule has 0 aliphatic carbocycles. The first-order chi connectivity index (χ1) is 13.0. The first kappa shape index (κ1) is 18.1. The standard InChI is InChI=1S/C20H16FN3O3/c21-16-7-3-4-8-17(16)23-19(26)11-20(27)24-22-12-15-14-6-2-1-5-13(14)9-10-18(15)25/h1-10,12,25H,11H2,(H,23,26)(H,24,27). The number of phenolic OH excluding ortho intramolecular Hbond substituents is 1. The molecule has 3 aromatic carbocycles. The van der Waals surface area contributed by atoms with Crippen molar-refractivity contribution in [2.24, 2.45) is 5.10 Å². The highest BCUT2D eigenvalue weighted by Crippen LogP contribution is 2.25. The average molecular weight is 365 g/mol. The fraction of sp³-hybridized carbons (Fsp3) is 0.0500. The lowest BCUT2D eigenvalue weighted by Gasteiger charge is -2.06. The van der Waals surface area contributed by atoms with E-state index in [1.165, 1.54) is 30.5 Å². The molecule has 2 amide bonds. The van der Waals surface area contributed by atoms with Crippen LogP contribution < -0.4 is 10.7 Å². The van der Waals surface area contributed by atoms with Gasteiger partial charge in [0, 0.05) is 5.56 Å². The SMILES string of the molecule is O=C(CC(=O)Nc1ccccc1F)NN=Cc1c(O)ccc2ccccc12. The van der Waals surface area contributed by atoms with Gasteiger partial charge in [-0.25, -0.2) is 9.82 Å². The number of carbonyl (C=O) groups excluding carboxylic acids is 2. The minimum Gasteiger partial charge on any atom is -0.507 e. The van der Waals surface area contributed by atoms with E-state index in [0.29, 0.717) is 5.56 Å². The van der Waals surface area contributed by atoms with Crippen LogP contribution in [0.1, 0.15) is 12.0 Å². The van der Waals surface area contributed by atoms with Crippen molar-refractivity contribution < 1.29 is 19.1 Å². The van der Waals surface area contributed by atoms with Gasteiger partial charge in [0.05, 0.1) is 11.9 Å². The summed E-state index contributed by atoms with van der Waals surface area (Å²) in [4.78, 5) is 23.6. The molecule has 0 spiro atoms. The zero-order valence-electron chi connectivity index (χ0n) is 14.1. The molecule has 3 rings (SSSR count). The number of nitrogens with one attached hydrogen (secondary N) is 2. The Bertz CT molecular complexity index is 1030. The van der Waals surface area contributed by atoms with Gasteiger partial charge < -0.3 is 10.4 Å². The van der Waals surface area contributed by atoms with Gasteiger partial charge in [0.15, 0.2) is 0 Å². The van der Waals surface area contributed by atoms with Crippen LogP contribution in [0, 0.1) is 5.82 Å². The number of hydrogen-bond donors (Lipinski definition) is 3. The number of benzene rings is 3. The number of amides is 2. The van der Waals surface area contributed by atoms with Crippen LogP contribution in [0.25, 0.3) is 10.8 Å². The second-order valence-electron chi connectivity index (χ2n) is 5.72. The molecule has 27 heavy (non-hydrogen) atoms. The Kier molecular flexibility index (Phi) is 5.41. The van der Waals surface area contributed by atoms with E-state index < -0.39 is 24.1 Å². The molecule has 0 saturated carbocycles. The number of para-hydroxylation sites is 1. The van der Waals surface area contributed by atoms with Crippen molar-refractivity contribution in [1.29, 1.82) is 0 Å². The summed E-state index contributed by atoms with van der Waals surface area (Å²) in [5.41, 5.74) is 2.67. The maximum atomic E-state index is 13.5. The van der Waals surface area contributed by atoms with Crippen LogP contribution in [0.4, 0.5) is 10.1 Å². The Morgan fingerprint density at radius 2 is 1.74 bits per heavy atom. The molecule has 0 bridgehead atoms. The van der Waals surface area contributed by atoms with E-state index in [1.54, 1.807) is 12.1 Å². The summed E-state index contributed by atoms with van der Waals surface area (Å²) < 4.78 is 13.5. The number of halogens is 1. The van der Waals surface area contributed by atoms with Crippen molar-refractivity contribution in [1.82, 2.24) is 5.43 Å². The number of aromatic hydroxyl groups is 1. The predicted octanol–water partition coefficient (Wildman–Crippen LogP) is 3.16. The number of hydrogen-bond acceptors (Lipinski definition) is 4. The number of fused-ring (bicyclic) bond motifs is 1. The maximum Gasteiger partial charge on any atom is 0.249 e. The smallest absolute Gasteiger partial charge is 0.249 e. The van der Waals surface area contributed by atoms with E-state index >= 15 is 0 Å². The Hall–Kier alpha value is -3.74. The molecule has 3 aromatic rings. The van der Waals surface area contributed by atoms with Crippen LogP contribution in [-0.4, -0.2) is 23.1 Å². The van der Waals surface area contributed by atoms with Gasteiger partial charge >= 0.3 is 0 Å². The number of nitrogens with zero attached hydrogens (tertiary/aromatic N) is 1. The first-order valence-electron chi connectivity index (χ1n) is 8.11. The molecule has 0 unspecified atom stereocenters. The number of hydrazone groups is 1. The van der Waals surface area contributed by atoms with E-state index in [4.69, 9.17) is 0 Å². The van der Waals surface area contributed by atoms with Gasteiger partial charge in [-0.3, -0.25) is 9.59 Å². The predicted molar refractivity (Wildman–Crippen MR) is 101 cm³/mol. The van der Waals surface area contributed by atoms with Crippen LogP contribution in [0.5, 0.6) is 5.75 Å². The minimum atomic E-state index is -0.667. The molecule has 0 heterocycles. The van der Waals surface area contributed by atoms with Gasteiger partial charge in [-0.1, -0.05) is 42.5 Å². The van der Waals surface area contributed by atoms with Gasteiger partial charge in [0.25, 0.3) is 0 Å². The molecular formula is C20H16FN3O3. The summed E-state index contributed by atoms with van der Waals surface area (Å²) in [7, 11) is 0. The second-order valence-corrected chi connectivity index (χ2v) is 5.72. The van der Waals surface area contributed by atoms with E-state index in [2.05, 4.69) is 15.8 Å². The Balaban J connectivity index is 1.62. The van der Waals surface area contributed by atoms with Crippen molar-refractivity contribution >= 4 is 34.5 Å². The van der Waals surface area contributed by atoms with E-state index in [9.17, 15) is 19.1 Å². The fourth-order valence-corrected chi connectivity index (χ4v) is 2.53. The van der Waals surface area contributed by atoms with Gasteiger partial charge in [-0.2, -0.15) is 5.10 Å². The fourth-order valence-electron chi connectivity index (χ4n) is 2.53. The minimum absolute atomic E-state index is 0.000482. The molecule has 0 aliphatic rings. The molecule has 136 valence electrons. The Morgan fingerprint density at radius 1 is 1.00 bits per heavy atom. The molecule has 0 fully saturated rings. The lowest BCUT2D eigenvalue weighted by molar-refractivity contribution is -0.126. The van der Waals surface area contributed by atoms with E-state index in [-0.39, 0.29) is 11.4 Å². The topological polar surface area (TPSA) is 90.8 Å². The normalized spacial score (nSPS) is 10.9. The third kappa shape index (κ3) is 4.46. The summed E-state index contributed by atoms with van der Waals surface area (Å²) in [6.07, 6.45) is 0.789. The molecule has 3 N–H and O–H groups in total. The molecular weight excluding hydrogens is 349 g/mol. The summed E-state index contributed by atoms with van der Waals surface area (Å²) in [5.74, 6) is -1.90. The number of phenols is 1. The lowest BCUT2D eigenvalue weighted by atomic mass is 10.0. The largest absolute Gasteiger partial charge is 0.507 e. The third-order valence-electron chi connectivity index (χ3n) is 3.80. The number of carbonyl (C=O) groups is 2. The second kappa shape index (κ2) is 8.09. The highest BCUT2D eigenvalue weighted by molar-refractivity contribution is 6.05. The summed E-state index contributed by atoms with van der Waals surface area (Å²) in [6.45, 7) is 0. The zero-order valence-corrected chi connectivity index (χ0v) is 14.1. The Morgan fingerprint density at radius 3 is 2.56 bits per heavy atom. The van der Waals surface area contributed by atoms with Gasteiger partial charge in [-0.05, 0) is 29.0 Å². The quantitative estimate of drug-likeness (QED) is 0.368. The first-order valence-corrected chi connectivity index (χ1v) is 8.11. The molecule has 0 atom stereocenters. The van der Waals surface area contributed by atoms with Crippen molar-refractivity contribution in [3.8, 4) is 5.75 Å². The van der Waals surface area contributed by atoms with Crippen molar-refractivity contribution in [2.75, 3.05) is 5.32 Å². The average Bonchev–Trinajstić information content (AvgIpc) is 2.65. The van der Waals surface area contributed by atoms with Crippen molar-refractivity contribution in [2.45, 2.75) is 6.42 Å². The van der Waals surface area contributed by atoms with E-state index in [0.717, 1.165) is 10.8 Å². The number of rotatable bonds is 5. The molecule has 0 aromatic heterocycles. The summed E-state index contributed by atoms with van der Waals surface area (Å²) >= 11 is 0. The summed E-state index contributed by atoms with van der Waals surface area (Å²) in [6, 6.07) is 16.4. The Labute approximate surface area is 154 Å². The highest BCUT2D eigenvalue weighted by Gasteiger charge is 2.11. The van der Waals surface area contributed by atoms with Gasteiger partial charge in [0.2, 0.25) is 11.8 Å². The molecule has 0 radical (unpaired) electrons. The van der Waals surface area contributed by atoms with Crippen LogP contribution in [0.3, 0.4) is 0 Å². The molecule has 7 heteroatoms. The third-order valence-corrected chi connectivity index (χ3v) is 3.80. The maximum absolute atomic E-state index is 13.5. The van der Waals surface area contributed by atoms with Crippen molar-refractivity contribution in [3.63, 3.8) is 0 Å². The molecule has 6 nitrogen and oxygen atoms in total. The molecule has 0 aliphatic heterocycles. The van der Waals surface area contributed by atoms with Gasteiger partial charge in [0.1, 0.15) is 18.0 Å². The van der Waals surface area contributed by atoms with E-state index in [1.807, 2.05) is 24.3 Å². The van der Waals surface area contributed by atoms with Crippen LogP contribution >= 0.6 is 0 Å². The van der Waals surface area contributed by atoms with Crippen LogP contribution in [0.15, 0.2) is 65.8 Å². The zero-order chi connectivity index (χ0) is 19.2. The summed E-state index contributed by atoms with van der Waals surface area (Å²) in [5, 5.41) is 17.8.